The van der Waals surface area contributed by atoms with E-state index in [1.54, 1.807) is 7.11 Å². The molecule has 1 unspecified atom stereocenters. The van der Waals surface area contributed by atoms with Gasteiger partial charge in [-0.1, -0.05) is 25.5 Å². The number of fused-ring (bicyclic) bond motifs is 1. The maximum absolute atomic E-state index is 5.24. The van der Waals surface area contributed by atoms with Crippen LogP contribution in [0.3, 0.4) is 0 Å². The van der Waals surface area contributed by atoms with E-state index >= 15 is 0 Å². The molecule has 0 spiro atoms. The molecule has 0 saturated carbocycles. The van der Waals surface area contributed by atoms with E-state index in [-0.39, 0.29) is 5.92 Å². The van der Waals surface area contributed by atoms with Crippen molar-refractivity contribution < 1.29 is 4.74 Å². The minimum Gasteiger partial charge on any atom is -0.497 e. The molecule has 136 valence electrons. The van der Waals surface area contributed by atoms with E-state index in [2.05, 4.69) is 34.6 Å². The van der Waals surface area contributed by atoms with Crippen LogP contribution in [0.1, 0.15) is 55.1 Å². The van der Waals surface area contributed by atoms with Crippen LogP contribution >= 0.6 is 0 Å². The monoisotopic (exact) mass is 353 g/mol. The highest BCUT2D eigenvalue weighted by atomic mass is 16.5. The van der Waals surface area contributed by atoms with Crippen molar-refractivity contribution in [2.75, 3.05) is 7.11 Å². The summed E-state index contributed by atoms with van der Waals surface area (Å²) < 4.78 is 9.17. The molecule has 8 heteroatoms. The van der Waals surface area contributed by atoms with Crippen LogP contribution in [0.2, 0.25) is 0 Å². The average Bonchev–Trinajstić information content (AvgIpc) is 3.25. The Morgan fingerprint density at radius 3 is 2.77 bits per heavy atom. The van der Waals surface area contributed by atoms with E-state index < -0.39 is 0 Å². The maximum atomic E-state index is 5.24. The molecule has 0 amide bonds. The molecular formula is C18H23N7O. The van der Waals surface area contributed by atoms with Gasteiger partial charge in [-0.15, -0.1) is 5.10 Å². The smallest absolute Gasteiger partial charge is 0.161 e. The number of aryl methyl sites for hydroxylation is 2. The highest BCUT2D eigenvalue weighted by Gasteiger charge is 2.28. The zero-order valence-electron chi connectivity index (χ0n) is 15.2. The summed E-state index contributed by atoms with van der Waals surface area (Å²) in [5, 5.41) is 17.0. The van der Waals surface area contributed by atoms with Crippen molar-refractivity contribution in [3.63, 3.8) is 0 Å². The van der Waals surface area contributed by atoms with Gasteiger partial charge in [-0.25, -0.2) is 14.3 Å². The van der Waals surface area contributed by atoms with E-state index in [1.807, 2.05) is 21.5 Å². The fraction of sp³-hybridized carbons (Fsp3) is 0.500. The van der Waals surface area contributed by atoms with Crippen LogP contribution in [0.4, 0.5) is 0 Å². The number of benzene rings is 1. The Morgan fingerprint density at radius 1 is 1.15 bits per heavy atom. The molecule has 4 rings (SSSR count). The number of aromatic nitrogens is 7. The molecular weight excluding hydrogens is 330 g/mol. The normalized spacial score (nSPS) is 16.9. The standard InChI is InChI=1S/C18H23N7O/c1-3-16-19-17(15-6-4-5-11-24-18(15)20-22-23-24)25(21-16)12-13-7-9-14(26-2)10-8-13/h7-10,15H,3-6,11-12H2,1-2H3. The quantitative estimate of drug-likeness (QED) is 0.699. The van der Waals surface area contributed by atoms with Crippen LogP contribution in [0.15, 0.2) is 24.3 Å². The van der Waals surface area contributed by atoms with Gasteiger partial charge in [0, 0.05) is 13.0 Å². The van der Waals surface area contributed by atoms with Crippen LogP contribution in [0, 0.1) is 0 Å². The highest BCUT2D eigenvalue weighted by molar-refractivity contribution is 5.27. The average molecular weight is 353 g/mol. The van der Waals surface area contributed by atoms with E-state index in [0.29, 0.717) is 6.54 Å². The molecule has 3 heterocycles. The Bertz CT molecular complexity index is 868. The van der Waals surface area contributed by atoms with Gasteiger partial charge in [-0.2, -0.15) is 5.10 Å². The highest BCUT2D eigenvalue weighted by Crippen LogP contribution is 2.30. The predicted octanol–water partition coefficient (Wildman–Crippen LogP) is 2.20. The van der Waals surface area contributed by atoms with Crippen molar-refractivity contribution in [3.05, 3.63) is 47.3 Å². The van der Waals surface area contributed by atoms with Crippen molar-refractivity contribution in [2.45, 2.75) is 51.6 Å². The van der Waals surface area contributed by atoms with Gasteiger partial charge in [0.05, 0.1) is 19.6 Å². The molecule has 0 N–H and O–H groups in total. The summed E-state index contributed by atoms with van der Waals surface area (Å²) in [4.78, 5) is 4.82. The van der Waals surface area contributed by atoms with Gasteiger partial charge < -0.3 is 4.74 Å². The molecule has 1 atom stereocenters. The Balaban J connectivity index is 1.69. The maximum Gasteiger partial charge on any atom is 0.161 e. The lowest BCUT2D eigenvalue weighted by molar-refractivity contribution is 0.414. The predicted molar refractivity (Wildman–Crippen MR) is 95.0 cm³/mol. The van der Waals surface area contributed by atoms with E-state index in [9.17, 15) is 0 Å². The van der Waals surface area contributed by atoms with Gasteiger partial charge in [0.25, 0.3) is 0 Å². The van der Waals surface area contributed by atoms with E-state index in [1.165, 1.54) is 0 Å². The summed E-state index contributed by atoms with van der Waals surface area (Å²) in [6.45, 7) is 3.62. The Hall–Kier alpha value is -2.77. The van der Waals surface area contributed by atoms with Crippen molar-refractivity contribution >= 4 is 0 Å². The fourth-order valence-corrected chi connectivity index (χ4v) is 3.43. The third kappa shape index (κ3) is 3.18. The minimum absolute atomic E-state index is 0.0820. The molecule has 8 nitrogen and oxygen atoms in total. The van der Waals surface area contributed by atoms with Gasteiger partial charge in [0.2, 0.25) is 0 Å². The first-order chi connectivity index (χ1) is 12.8. The topological polar surface area (TPSA) is 83.5 Å². The van der Waals surface area contributed by atoms with Gasteiger partial charge in [0.1, 0.15) is 11.6 Å². The molecule has 0 saturated heterocycles. The first kappa shape index (κ1) is 16.7. The summed E-state index contributed by atoms with van der Waals surface area (Å²) in [5.74, 6) is 3.64. The Kier molecular flexibility index (Phi) is 4.64. The second-order valence-corrected chi connectivity index (χ2v) is 6.55. The number of hydrogen-bond acceptors (Lipinski definition) is 6. The van der Waals surface area contributed by atoms with Crippen LogP contribution in [-0.4, -0.2) is 42.1 Å². The van der Waals surface area contributed by atoms with E-state index in [0.717, 1.165) is 61.0 Å². The third-order valence-electron chi connectivity index (χ3n) is 4.85. The zero-order chi connectivity index (χ0) is 17.9. The molecule has 3 aromatic rings. The largest absolute Gasteiger partial charge is 0.497 e. The number of hydrogen-bond donors (Lipinski definition) is 0. The Morgan fingerprint density at radius 2 is 2.00 bits per heavy atom. The van der Waals surface area contributed by atoms with Crippen LogP contribution in [0.25, 0.3) is 0 Å². The Labute approximate surface area is 152 Å². The number of tetrazole rings is 1. The van der Waals surface area contributed by atoms with Crippen LogP contribution in [0.5, 0.6) is 5.75 Å². The van der Waals surface area contributed by atoms with Gasteiger partial charge >= 0.3 is 0 Å². The molecule has 1 aromatic carbocycles. The molecule has 0 radical (unpaired) electrons. The summed E-state index contributed by atoms with van der Waals surface area (Å²) in [6.07, 6.45) is 4.00. The number of ether oxygens (including phenoxy) is 1. The van der Waals surface area contributed by atoms with Crippen LogP contribution in [-0.2, 0) is 19.5 Å². The molecule has 0 bridgehead atoms. The zero-order valence-corrected chi connectivity index (χ0v) is 15.2. The lowest BCUT2D eigenvalue weighted by Gasteiger charge is -2.14. The lowest BCUT2D eigenvalue weighted by Crippen LogP contribution is -2.15. The lowest BCUT2D eigenvalue weighted by atomic mass is 10.0. The first-order valence-corrected chi connectivity index (χ1v) is 9.11. The van der Waals surface area contributed by atoms with Gasteiger partial charge in [0.15, 0.2) is 11.6 Å². The SMILES string of the molecule is CCc1nc(C2CCCCn3nnnc32)n(Cc2ccc(OC)cc2)n1. The molecule has 1 aliphatic rings. The van der Waals surface area contributed by atoms with Gasteiger partial charge in [-0.05, 0) is 41.0 Å². The molecule has 1 aliphatic heterocycles. The molecule has 0 aliphatic carbocycles. The van der Waals surface area contributed by atoms with Crippen LogP contribution < -0.4 is 4.74 Å². The van der Waals surface area contributed by atoms with Crippen molar-refractivity contribution in [3.8, 4) is 5.75 Å². The van der Waals surface area contributed by atoms with Crippen molar-refractivity contribution in [2.24, 2.45) is 0 Å². The number of nitrogens with zero attached hydrogens (tertiary/aromatic N) is 7. The number of methoxy groups -OCH3 is 1. The minimum atomic E-state index is 0.0820. The molecule has 26 heavy (non-hydrogen) atoms. The van der Waals surface area contributed by atoms with Crippen molar-refractivity contribution in [1.82, 2.24) is 35.0 Å². The number of rotatable bonds is 5. The summed E-state index contributed by atoms with van der Waals surface area (Å²) >= 11 is 0. The fourth-order valence-electron chi connectivity index (χ4n) is 3.43. The third-order valence-corrected chi connectivity index (χ3v) is 4.85. The second-order valence-electron chi connectivity index (χ2n) is 6.55. The molecule has 2 aromatic heterocycles. The van der Waals surface area contributed by atoms with E-state index in [4.69, 9.17) is 14.8 Å². The first-order valence-electron chi connectivity index (χ1n) is 9.11. The second kappa shape index (κ2) is 7.23. The molecule has 0 fully saturated rings. The summed E-state index contributed by atoms with van der Waals surface area (Å²) in [7, 11) is 1.67. The van der Waals surface area contributed by atoms with Gasteiger partial charge in [-0.3, -0.25) is 0 Å². The summed E-state index contributed by atoms with van der Waals surface area (Å²) in [5.41, 5.74) is 1.16. The van der Waals surface area contributed by atoms with Crippen molar-refractivity contribution in [1.29, 1.82) is 0 Å². The summed E-state index contributed by atoms with van der Waals surface area (Å²) in [6, 6.07) is 8.07.